The van der Waals surface area contributed by atoms with Gasteiger partial charge >= 0.3 is 0 Å². The number of aliphatic hydroxyl groups excluding tert-OH is 2. The second-order valence-corrected chi connectivity index (χ2v) is 2.83. The molecular weight excluding hydrogens is 120 g/mol. The van der Waals surface area contributed by atoms with E-state index in [-0.39, 0.29) is 18.3 Å². The number of fused-ring (bicyclic) bond motifs is 1. The van der Waals surface area contributed by atoms with Crippen LogP contribution in [0.2, 0.25) is 0 Å². The summed E-state index contributed by atoms with van der Waals surface area (Å²) in [5.74, 6) is 0. The molecule has 1 aliphatic carbocycles. The Kier molecular flexibility index (Phi) is 1.06. The molecule has 0 unspecified atom stereocenters. The summed E-state index contributed by atoms with van der Waals surface area (Å²) in [6.45, 7) is 0. The van der Waals surface area contributed by atoms with Gasteiger partial charge in [-0.25, -0.2) is 0 Å². The van der Waals surface area contributed by atoms with Gasteiger partial charge in [0.15, 0.2) is 0 Å². The Morgan fingerprint density at radius 2 is 2.00 bits per heavy atom. The molecule has 0 spiro atoms. The van der Waals surface area contributed by atoms with Gasteiger partial charge < -0.3 is 14.9 Å². The van der Waals surface area contributed by atoms with Crippen LogP contribution in [0.25, 0.3) is 0 Å². The highest BCUT2D eigenvalue weighted by atomic mass is 16.6. The molecule has 0 aromatic rings. The van der Waals surface area contributed by atoms with Gasteiger partial charge in [-0.2, -0.15) is 0 Å². The van der Waals surface area contributed by atoms with E-state index in [1.807, 2.05) is 0 Å². The maximum absolute atomic E-state index is 9.10. The number of epoxide rings is 1. The van der Waals surface area contributed by atoms with Crippen molar-refractivity contribution in [2.45, 2.75) is 37.3 Å². The van der Waals surface area contributed by atoms with Gasteiger partial charge in [-0.15, -0.1) is 0 Å². The molecule has 9 heavy (non-hydrogen) atoms. The van der Waals surface area contributed by atoms with Crippen LogP contribution in [0.4, 0.5) is 0 Å². The molecule has 2 aliphatic rings. The Bertz CT molecular complexity index is 125. The fraction of sp³-hybridized carbons (Fsp3) is 1.00. The van der Waals surface area contributed by atoms with E-state index in [0.29, 0.717) is 12.8 Å². The Hall–Kier alpha value is -0.120. The van der Waals surface area contributed by atoms with Gasteiger partial charge in [0.05, 0.1) is 18.3 Å². The Labute approximate surface area is 53.3 Å². The minimum Gasteiger partial charge on any atom is -0.393 e. The van der Waals surface area contributed by atoms with Crippen molar-refractivity contribution < 1.29 is 14.9 Å². The zero-order valence-electron chi connectivity index (χ0n) is 5.03. The Balaban J connectivity index is 1.99. The molecule has 1 heterocycles. The van der Waals surface area contributed by atoms with Gasteiger partial charge in [-0.1, -0.05) is 0 Å². The highest BCUT2D eigenvalue weighted by molar-refractivity contribution is 4.97. The molecule has 0 aromatic carbocycles. The second kappa shape index (κ2) is 1.68. The fourth-order valence-electron chi connectivity index (χ4n) is 1.46. The first kappa shape index (κ1) is 5.65. The van der Waals surface area contributed by atoms with E-state index in [4.69, 9.17) is 14.9 Å². The van der Waals surface area contributed by atoms with Crippen LogP contribution in [0.15, 0.2) is 0 Å². The van der Waals surface area contributed by atoms with Crippen molar-refractivity contribution in [2.75, 3.05) is 0 Å². The van der Waals surface area contributed by atoms with Crippen molar-refractivity contribution >= 4 is 0 Å². The first-order chi connectivity index (χ1) is 4.27. The maximum Gasteiger partial charge on any atom is 0.110 e. The molecule has 0 radical (unpaired) electrons. The molecule has 2 rings (SSSR count). The third-order valence-corrected chi connectivity index (χ3v) is 2.02. The SMILES string of the molecule is O[C@H]1C[C@@H]2O[C@@H]2[C@@H](O)C1. The Morgan fingerprint density at radius 1 is 1.22 bits per heavy atom. The third kappa shape index (κ3) is 0.852. The molecule has 1 saturated heterocycles. The number of hydrogen-bond donors (Lipinski definition) is 2. The molecule has 2 fully saturated rings. The quantitative estimate of drug-likeness (QED) is 0.425. The lowest BCUT2D eigenvalue weighted by atomic mass is 9.95. The largest absolute Gasteiger partial charge is 0.393 e. The van der Waals surface area contributed by atoms with Gasteiger partial charge in [0, 0.05) is 12.8 Å². The topological polar surface area (TPSA) is 53.0 Å². The molecule has 0 amide bonds. The van der Waals surface area contributed by atoms with E-state index in [9.17, 15) is 0 Å². The molecule has 3 nitrogen and oxygen atoms in total. The van der Waals surface area contributed by atoms with E-state index in [2.05, 4.69) is 0 Å². The normalized spacial score (nSPS) is 56.7. The van der Waals surface area contributed by atoms with Crippen molar-refractivity contribution in [3.05, 3.63) is 0 Å². The van der Waals surface area contributed by atoms with Crippen LogP contribution in [0.3, 0.4) is 0 Å². The maximum atomic E-state index is 9.10. The summed E-state index contributed by atoms with van der Waals surface area (Å²) in [6.07, 6.45) is 0.641. The molecule has 1 aliphatic heterocycles. The van der Waals surface area contributed by atoms with Crippen molar-refractivity contribution in [3.63, 3.8) is 0 Å². The van der Waals surface area contributed by atoms with Gasteiger partial charge in [0.1, 0.15) is 6.10 Å². The van der Waals surface area contributed by atoms with Crippen LogP contribution >= 0.6 is 0 Å². The van der Waals surface area contributed by atoms with Crippen molar-refractivity contribution in [1.82, 2.24) is 0 Å². The summed E-state index contributed by atoms with van der Waals surface area (Å²) in [7, 11) is 0. The summed E-state index contributed by atoms with van der Waals surface area (Å²) in [4.78, 5) is 0. The van der Waals surface area contributed by atoms with Gasteiger partial charge in [-0.3, -0.25) is 0 Å². The zero-order valence-corrected chi connectivity index (χ0v) is 5.03. The summed E-state index contributed by atoms with van der Waals surface area (Å²) in [6, 6.07) is 0. The fourth-order valence-corrected chi connectivity index (χ4v) is 1.46. The van der Waals surface area contributed by atoms with Crippen LogP contribution in [0.5, 0.6) is 0 Å². The van der Waals surface area contributed by atoms with Gasteiger partial charge in [-0.05, 0) is 0 Å². The highest BCUT2D eigenvalue weighted by Gasteiger charge is 2.49. The van der Waals surface area contributed by atoms with E-state index in [1.165, 1.54) is 0 Å². The van der Waals surface area contributed by atoms with Crippen LogP contribution in [0.1, 0.15) is 12.8 Å². The van der Waals surface area contributed by atoms with Crippen molar-refractivity contribution in [2.24, 2.45) is 0 Å². The van der Waals surface area contributed by atoms with Crippen LogP contribution in [-0.4, -0.2) is 34.6 Å². The molecule has 3 heteroatoms. The monoisotopic (exact) mass is 130 g/mol. The number of aliphatic hydroxyl groups is 2. The lowest BCUT2D eigenvalue weighted by Crippen LogP contribution is -2.30. The van der Waals surface area contributed by atoms with Crippen molar-refractivity contribution in [3.8, 4) is 0 Å². The average molecular weight is 130 g/mol. The van der Waals surface area contributed by atoms with E-state index in [0.717, 1.165) is 0 Å². The predicted molar refractivity (Wildman–Crippen MR) is 29.9 cm³/mol. The second-order valence-electron chi connectivity index (χ2n) is 2.83. The molecule has 52 valence electrons. The standard InChI is InChI=1S/C6H10O3/c7-3-1-4(8)6-5(2-3)9-6/h3-8H,1-2H2/t3-,4+,5+,6-/m1/s1. The number of rotatable bonds is 0. The van der Waals surface area contributed by atoms with Crippen LogP contribution < -0.4 is 0 Å². The molecular formula is C6H10O3. The van der Waals surface area contributed by atoms with E-state index >= 15 is 0 Å². The Morgan fingerprint density at radius 3 is 2.67 bits per heavy atom. The highest BCUT2D eigenvalue weighted by Crippen LogP contribution is 2.36. The lowest BCUT2D eigenvalue weighted by Gasteiger charge is -2.16. The summed E-state index contributed by atoms with van der Waals surface area (Å²) >= 11 is 0. The molecule has 0 aromatic heterocycles. The smallest absolute Gasteiger partial charge is 0.110 e. The molecule has 0 bridgehead atoms. The number of ether oxygens (including phenoxy) is 1. The molecule has 2 N–H and O–H groups in total. The zero-order chi connectivity index (χ0) is 6.43. The van der Waals surface area contributed by atoms with E-state index < -0.39 is 6.10 Å². The van der Waals surface area contributed by atoms with Crippen molar-refractivity contribution in [1.29, 1.82) is 0 Å². The predicted octanol–water partition coefficient (Wildman–Crippen LogP) is -0.731. The van der Waals surface area contributed by atoms with Gasteiger partial charge in [0.2, 0.25) is 0 Å². The number of hydrogen-bond acceptors (Lipinski definition) is 3. The lowest BCUT2D eigenvalue weighted by molar-refractivity contribution is 0.0534. The summed E-state index contributed by atoms with van der Waals surface area (Å²) in [5.41, 5.74) is 0. The summed E-state index contributed by atoms with van der Waals surface area (Å²) in [5, 5.41) is 18.1. The minimum absolute atomic E-state index is 0.0494. The van der Waals surface area contributed by atoms with E-state index in [1.54, 1.807) is 0 Å². The van der Waals surface area contributed by atoms with Crippen LogP contribution in [-0.2, 0) is 4.74 Å². The summed E-state index contributed by atoms with van der Waals surface area (Å²) < 4.78 is 5.05. The molecule has 4 atom stereocenters. The van der Waals surface area contributed by atoms with Crippen LogP contribution in [0, 0.1) is 0 Å². The first-order valence-electron chi connectivity index (χ1n) is 3.29. The molecule has 1 saturated carbocycles. The first-order valence-corrected chi connectivity index (χ1v) is 3.29. The third-order valence-electron chi connectivity index (χ3n) is 2.02. The average Bonchev–Trinajstić information content (AvgIpc) is 2.43. The minimum atomic E-state index is -0.418. The van der Waals surface area contributed by atoms with Gasteiger partial charge in [0.25, 0.3) is 0 Å².